The summed E-state index contributed by atoms with van der Waals surface area (Å²) in [6.07, 6.45) is 0.504. The van der Waals surface area contributed by atoms with Crippen LogP contribution in [-0.4, -0.2) is 12.6 Å². The van der Waals surface area contributed by atoms with Gasteiger partial charge in [0.2, 0.25) is 0 Å². The number of hydrazine groups is 1. The molecule has 0 amide bonds. The number of hydrogen-bond donors (Lipinski definition) is 2. The van der Waals surface area contributed by atoms with Crippen LogP contribution in [0.4, 0.5) is 0 Å². The molecule has 0 radical (unpaired) electrons. The van der Waals surface area contributed by atoms with Gasteiger partial charge in [0.25, 0.3) is 0 Å². The molecule has 0 aliphatic heterocycles. The lowest BCUT2D eigenvalue weighted by atomic mass is 9.94. The molecule has 1 unspecified atom stereocenters. The van der Waals surface area contributed by atoms with Gasteiger partial charge in [-0.1, -0.05) is 18.2 Å². The van der Waals surface area contributed by atoms with Gasteiger partial charge in [-0.15, -0.1) is 0 Å². The molecule has 1 aromatic rings. The Morgan fingerprint density at radius 3 is 2.73 bits per heavy atom. The number of ether oxygens (including phenoxy) is 1. The molecule has 0 aromatic heterocycles. The fraction of sp³-hybridized carbons (Fsp3) is 0.364. The molecule has 1 aromatic carbocycles. The Morgan fingerprint density at radius 2 is 2.20 bits per heavy atom. The normalized spacial score (nSPS) is 14.0. The standard InChI is InChI=1S/C11H15N3O/c1-11(8-12,14-13)7-9-5-3-4-6-10(9)15-2/h3-6,14H,7,13H2,1-2H3. The van der Waals surface area contributed by atoms with Crippen LogP contribution < -0.4 is 16.0 Å². The summed E-state index contributed by atoms with van der Waals surface area (Å²) in [7, 11) is 1.61. The Bertz CT molecular complexity index is 372. The molecule has 0 saturated carbocycles. The molecule has 0 heterocycles. The number of benzene rings is 1. The molecule has 0 fully saturated rings. The SMILES string of the molecule is COc1ccccc1CC(C)(C#N)NN. The van der Waals surface area contributed by atoms with Crippen LogP contribution in [0.25, 0.3) is 0 Å². The second kappa shape index (κ2) is 4.78. The Hall–Kier alpha value is -1.57. The first-order valence-electron chi connectivity index (χ1n) is 4.66. The zero-order valence-corrected chi connectivity index (χ0v) is 8.95. The molecule has 1 rings (SSSR count). The van der Waals surface area contributed by atoms with Crippen molar-refractivity contribution in [2.24, 2.45) is 5.84 Å². The summed E-state index contributed by atoms with van der Waals surface area (Å²) in [6, 6.07) is 9.72. The molecular formula is C11H15N3O. The third-order valence-electron chi connectivity index (χ3n) is 2.30. The molecule has 0 saturated heterocycles. The number of nitrogens with zero attached hydrogens (tertiary/aromatic N) is 1. The number of para-hydroxylation sites is 1. The highest BCUT2D eigenvalue weighted by molar-refractivity contribution is 5.35. The molecular weight excluding hydrogens is 190 g/mol. The average Bonchev–Trinajstić information content (AvgIpc) is 2.29. The van der Waals surface area contributed by atoms with E-state index in [4.69, 9.17) is 15.8 Å². The van der Waals surface area contributed by atoms with Gasteiger partial charge >= 0.3 is 0 Å². The number of hydrogen-bond acceptors (Lipinski definition) is 4. The predicted molar refractivity (Wildman–Crippen MR) is 58.0 cm³/mol. The minimum atomic E-state index is -0.769. The second-order valence-electron chi connectivity index (χ2n) is 3.58. The lowest BCUT2D eigenvalue weighted by Crippen LogP contribution is -2.47. The van der Waals surface area contributed by atoms with Crippen LogP contribution in [0.15, 0.2) is 24.3 Å². The highest BCUT2D eigenvalue weighted by Crippen LogP contribution is 2.21. The summed E-state index contributed by atoms with van der Waals surface area (Å²) in [5, 5.41) is 8.98. The van der Waals surface area contributed by atoms with Crippen LogP contribution in [0.2, 0.25) is 0 Å². The van der Waals surface area contributed by atoms with Crippen LogP contribution >= 0.6 is 0 Å². The molecule has 0 aliphatic rings. The van der Waals surface area contributed by atoms with Crippen LogP contribution in [0.3, 0.4) is 0 Å². The topological polar surface area (TPSA) is 71.1 Å². The number of nitrogens with two attached hydrogens (primary N) is 1. The van der Waals surface area contributed by atoms with Crippen molar-refractivity contribution in [3.8, 4) is 11.8 Å². The van der Waals surface area contributed by atoms with E-state index < -0.39 is 5.54 Å². The van der Waals surface area contributed by atoms with E-state index in [1.54, 1.807) is 14.0 Å². The maximum atomic E-state index is 8.98. The lowest BCUT2D eigenvalue weighted by molar-refractivity contribution is 0.397. The molecule has 0 bridgehead atoms. The monoisotopic (exact) mass is 205 g/mol. The highest BCUT2D eigenvalue weighted by Gasteiger charge is 2.23. The van der Waals surface area contributed by atoms with Crippen molar-refractivity contribution in [3.05, 3.63) is 29.8 Å². The van der Waals surface area contributed by atoms with Crippen molar-refractivity contribution in [1.82, 2.24) is 5.43 Å². The maximum absolute atomic E-state index is 8.98. The Kier molecular flexibility index (Phi) is 3.67. The maximum Gasteiger partial charge on any atom is 0.122 e. The third kappa shape index (κ3) is 2.69. The summed E-state index contributed by atoms with van der Waals surface area (Å²) >= 11 is 0. The van der Waals surface area contributed by atoms with E-state index in [-0.39, 0.29) is 0 Å². The first-order chi connectivity index (χ1) is 7.15. The van der Waals surface area contributed by atoms with Crippen LogP contribution in [-0.2, 0) is 6.42 Å². The zero-order chi connectivity index (χ0) is 11.3. The molecule has 4 heteroatoms. The van der Waals surface area contributed by atoms with E-state index in [9.17, 15) is 0 Å². The lowest BCUT2D eigenvalue weighted by Gasteiger charge is -2.21. The Balaban J connectivity index is 2.94. The van der Waals surface area contributed by atoms with Gasteiger partial charge < -0.3 is 4.74 Å². The fourth-order valence-corrected chi connectivity index (χ4v) is 1.35. The van der Waals surface area contributed by atoms with Crippen LogP contribution in [0.1, 0.15) is 12.5 Å². The van der Waals surface area contributed by atoms with Crippen molar-refractivity contribution in [3.63, 3.8) is 0 Å². The quantitative estimate of drug-likeness (QED) is 0.568. The molecule has 80 valence electrons. The molecule has 1 atom stereocenters. The van der Waals surface area contributed by atoms with E-state index in [0.717, 1.165) is 11.3 Å². The van der Waals surface area contributed by atoms with Crippen LogP contribution in [0.5, 0.6) is 5.75 Å². The van der Waals surface area contributed by atoms with E-state index in [0.29, 0.717) is 6.42 Å². The van der Waals surface area contributed by atoms with E-state index in [1.807, 2.05) is 24.3 Å². The minimum Gasteiger partial charge on any atom is -0.496 e. The van der Waals surface area contributed by atoms with Gasteiger partial charge in [-0.3, -0.25) is 5.84 Å². The fourth-order valence-electron chi connectivity index (χ4n) is 1.35. The molecule has 0 aliphatic carbocycles. The summed E-state index contributed by atoms with van der Waals surface area (Å²) < 4.78 is 5.20. The first-order valence-corrected chi connectivity index (χ1v) is 4.66. The number of nitrogens with one attached hydrogen (secondary N) is 1. The van der Waals surface area contributed by atoms with Gasteiger partial charge in [0.1, 0.15) is 11.3 Å². The van der Waals surface area contributed by atoms with Crippen LogP contribution in [0, 0.1) is 11.3 Å². The van der Waals surface area contributed by atoms with Crippen molar-refractivity contribution in [1.29, 1.82) is 5.26 Å². The van der Waals surface area contributed by atoms with Gasteiger partial charge in [-0.25, -0.2) is 5.43 Å². The summed E-state index contributed by atoms with van der Waals surface area (Å²) in [6.45, 7) is 1.75. The Labute approximate surface area is 89.6 Å². The molecule has 0 spiro atoms. The summed E-state index contributed by atoms with van der Waals surface area (Å²) in [5.41, 5.74) is 2.70. The van der Waals surface area contributed by atoms with Crippen molar-refractivity contribution in [2.45, 2.75) is 18.9 Å². The minimum absolute atomic E-state index is 0.504. The van der Waals surface area contributed by atoms with E-state index in [2.05, 4.69) is 11.5 Å². The first kappa shape index (κ1) is 11.5. The number of rotatable bonds is 4. The number of nitriles is 1. The largest absolute Gasteiger partial charge is 0.496 e. The smallest absolute Gasteiger partial charge is 0.122 e. The van der Waals surface area contributed by atoms with Gasteiger partial charge in [-0.2, -0.15) is 5.26 Å². The second-order valence-corrected chi connectivity index (χ2v) is 3.58. The van der Waals surface area contributed by atoms with Crippen molar-refractivity contribution < 1.29 is 4.74 Å². The number of methoxy groups -OCH3 is 1. The van der Waals surface area contributed by atoms with E-state index >= 15 is 0 Å². The average molecular weight is 205 g/mol. The molecule has 4 nitrogen and oxygen atoms in total. The highest BCUT2D eigenvalue weighted by atomic mass is 16.5. The van der Waals surface area contributed by atoms with Crippen molar-refractivity contribution in [2.75, 3.05) is 7.11 Å². The van der Waals surface area contributed by atoms with E-state index in [1.165, 1.54) is 0 Å². The summed E-state index contributed by atoms with van der Waals surface area (Å²) in [5.74, 6) is 6.12. The molecule has 15 heavy (non-hydrogen) atoms. The Morgan fingerprint density at radius 1 is 1.53 bits per heavy atom. The summed E-state index contributed by atoms with van der Waals surface area (Å²) in [4.78, 5) is 0. The van der Waals surface area contributed by atoms with Gasteiger partial charge in [0.15, 0.2) is 0 Å². The zero-order valence-electron chi connectivity index (χ0n) is 8.95. The predicted octanol–water partition coefficient (Wildman–Crippen LogP) is 0.983. The van der Waals surface area contributed by atoms with Gasteiger partial charge in [0.05, 0.1) is 13.2 Å². The third-order valence-corrected chi connectivity index (χ3v) is 2.30. The van der Waals surface area contributed by atoms with Gasteiger partial charge in [-0.05, 0) is 18.6 Å². The van der Waals surface area contributed by atoms with Gasteiger partial charge in [0, 0.05) is 6.42 Å². The molecule has 3 N–H and O–H groups in total. The van der Waals surface area contributed by atoms with Crippen molar-refractivity contribution >= 4 is 0 Å².